The molecular formula is C18H21N7O4S. The Morgan fingerprint density at radius 3 is 2.47 bits per heavy atom. The van der Waals surface area contributed by atoms with Crippen molar-refractivity contribution in [3.05, 3.63) is 47.6 Å². The lowest BCUT2D eigenvalue weighted by molar-refractivity contribution is 0.0764. The molecule has 1 amide bonds. The van der Waals surface area contributed by atoms with E-state index in [1.165, 1.54) is 15.3 Å². The van der Waals surface area contributed by atoms with Crippen LogP contribution in [0.5, 0.6) is 0 Å². The van der Waals surface area contributed by atoms with Crippen molar-refractivity contribution in [3.8, 4) is 5.69 Å². The fraction of sp³-hybridized carbons (Fsp3) is 0.389. The molecule has 0 spiro atoms. The fourth-order valence-corrected chi connectivity index (χ4v) is 5.29. The van der Waals surface area contributed by atoms with Gasteiger partial charge in [-0.25, -0.2) is 13.1 Å². The van der Waals surface area contributed by atoms with Crippen molar-refractivity contribution in [3.63, 3.8) is 0 Å². The number of sulfonamides is 1. The van der Waals surface area contributed by atoms with Gasteiger partial charge in [-0.3, -0.25) is 4.79 Å². The second-order valence-corrected chi connectivity index (χ2v) is 8.88. The highest BCUT2D eigenvalue weighted by molar-refractivity contribution is 7.89. The quantitative estimate of drug-likeness (QED) is 0.594. The van der Waals surface area contributed by atoms with Gasteiger partial charge in [0.15, 0.2) is 5.76 Å². The lowest BCUT2D eigenvalue weighted by atomic mass is 10.1. The Bertz CT molecular complexity index is 1120. The van der Waals surface area contributed by atoms with Crippen molar-refractivity contribution in [1.29, 1.82) is 0 Å². The SMILES string of the molecule is Cc1noc(C)c1S(=O)(=O)N1CCCN(C(=O)c2ccc(-n3cnnn3)cc2)CC1. The molecule has 1 saturated heterocycles. The Kier molecular flexibility index (Phi) is 5.35. The van der Waals surface area contributed by atoms with E-state index >= 15 is 0 Å². The number of carbonyl (C=O) groups is 1. The molecule has 30 heavy (non-hydrogen) atoms. The third-order valence-electron chi connectivity index (χ3n) is 5.04. The Morgan fingerprint density at radius 2 is 1.83 bits per heavy atom. The topological polar surface area (TPSA) is 127 Å². The van der Waals surface area contributed by atoms with Crippen LogP contribution in [-0.4, -0.2) is 75.1 Å². The predicted octanol–water partition coefficient (Wildman–Crippen LogP) is 0.804. The van der Waals surface area contributed by atoms with Crippen molar-refractivity contribution >= 4 is 15.9 Å². The Labute approximate surface area is 173 Å². The van der Waals surface area contributed by atoms with E-state index in [0.717, 1.165) is 5.69 Å². The van der Waals surface area contributed by atoms with Crippen LogP contribution >= 0.6 is 0 Å². The van der Waals surface area contributed by atoms with Crippen molar-refractivity contribution in [2.45, 2.75) is 25.2 Å². The number of carbonyl (C=O) groups excluding carboxylic acids is 1. The van der Waals surface area contributed by atoms with Gasteiger partial charge in [0.05, 0.1) is 5.69 Å². The number of hydrogen-bond donors (Lipinski definition) is 0. The summed E-state index contributed by atoms with van der Waals surface area (Å²) in [7, 11) is -3.73. The molecular weight excluding hydrogens is 410 g/mol. The molecule has 0 radical (unpaired) electrons. The number of amides is 1. The van der Waals surface area contributed by atoms with Gasteiger partial charge in [-0.2, -0.15) is 4.31 Å². The molecule has 4 rings (SSSR count). The Balaban J connectivity index is 1.47. The first-order chi connectivity index (χ1) is 14.4. The van der Waals surface area contributed by atoms with Crippen molar-refractivity contribution in [1.82, 2.24) is 34.6 Å². The highest BCUT2D eigenvalue weighted by Crippen LogP contribution is 2.24. The molecule has 1 fully saturated rings. The Morgan fingerprint density at radius 1 is 1.07 bits per heavy atom. The van der Waals surface area contributed by atoms with Crippen LogP contribution in [0.2, 0.25) is 0 Å². The van der Waals surface area contributed by atoms with Crippen molar-refractivity contribution in [2.75, 3.05) is 26.2 Å². The first-order valence-electron chi connectivity index (χ1n) is 9.43. The second-order valence-electron chi connectivity index (χ2n) is 7.00. The van der Waals surface area contributed by atoms with E-state index in [0.29, 0.717) is 37.3 Å². The van der Waals surface area contributed by atoms with Crippen LogP contribution < -0.4 is 0 Å². The minimum Gasteiger partial charge on any atom is -0.360 e. The molecule has 3 aromatic rings. The molecule has 1 aromatic carbocycles. The summed E-state index contributed by atoms with van der Waals surface area (Å²) in [5, 5.41) is 14.7. The first kappa shape index (κ1) is 20.2. The number of benzene rings is 1. The molecule has 0 saturated carbocycles. The minimum absolute atomic E-state index is 0.112. The Hall–Kier alpha value is -3.12. The summed E-state index contributed by atoms with van der Waals surface area (Å²) in [6.07, 6.45) is 2.01. The van der Waals surface area contributed by atoms with Crippen molar-refractivity contribution < 1.29 is 17.7 Å². The van der Waals surface area contributed by atoms with Gasteiger partial charge in [0.1, 0.15) is 16.9 Å². The normalized spacial score (nSPS) is 15.9. The molecule has 0 N–H and O–H groups in total. The molecule has 11 nitrogen and oxygen atoms in total. The number of rotatable bonds is 4. The van der Waals surface area contributed by atoms with E-state index in [4.69, 9.17) is 4.52 Å². The predicted molar refractivity (Wildman–Crippen MR) is 104 cm³/mol. The summed E-state index contributed by atoms with van der Waals surface area (Å²) in [4.78, 5) is 14.7. The fourth-order valence-electron chi connectivity index (χ4n) is 3.53. The maximum atomic E-state index is 13.0. The second kappa shape index (κ2) is 7.95. The van der Waals surface area contributed by atoms with Gasteiger partial charge in [0, 0.05) is 31.7 Å². The molecule has 0 atom stereocenters. The highest BCUT2D eigenvalue weighted by atomic mass is 32.2. The maximum absolute atomic E-state index is 13.0. The van der Waals surface area contributed by atoms with E-state index in [1.54, 1.807) is 43.0 Å². The van der Waals surface area contributed by atoms with Gasteiger partial charge in [-0.1, -0.05) is 5.16 Å². The van der Waals surface area contributed by atoms with Crippen LogP contribution in [0.15, 0.2) is 40.0 Å². The van der Waals surface area contributed by atoms with Crippen LogP contribution in [0.3, 0.4) is 0 Å². The monoisotopic (exact) mass is 431 g/mol. The first-order valence-corrected chi connectivity index (χ1v) is 10.9. The van der Waals surface area contributed by atoms with Gasteiger partial charge < -0.3 is 9.42 Å². The molecule has 0 unspecified atom stereocenters. The summed E-state index contributed by atoms with van der Waals surface area (Å²) in [5.41, 5.74) is 1.60. The van der Waals surface area contributed by atoms with E-state index in [1.807, 2.05) is 0 Å². The lowest BCUT2D eigenvalue weighted by Gasteiger charge is -2.22. The van der Waals surface area contributed by atoms with Gasteiger partial charge in [-0.05, 0) is 55.0 Å². The van der Waals surface area contributed by atoms with Crippen LogP contribution in [0, 0.1) is 13.8 Å². The molecule has 0 aliphatic carbocycles. The zero-order valence-corrected chi connectivity index (χ0v) is 17.4. The maximum Gasteiger partial charge on any atom is 0.253 e. The van der Waals surface area contributed by atoms with Gasteiger partial charge >= 0.3 is 0 Å². The highest BCUT2D eigenvalue weighted by Gasteiger charge is 2.33. The van der Waals surface area contributed by atoms with Crippen LogP contribution in [0.1, 0.15) is 28.2 Å². The molecule has 3 heterocycles. The summed E-state index contributed by atoms with van der Waals surface area (Å²) >= 11 is 0. The molecule has 12 heteroatoms. The average Bonchev–Trinajstić information content (AvgIpc) is 3.30. The standard InChI is InChI=1S/C18H21N7O4S/c1-13-17(14(2)29-20-13)30(27,28)24-9-3-8-23(10-11-24)18(26)15-4-6-16(7-5-15)25-12-19-21-22-25/h4-7,12H,3,8-11H2,1-2H3. The average molecular weight is 431 g/mol. The number of nitrogens with zero attached hydrogens (tertiary/aromatic N) is 7. The molecule has 2 aromatic heterocycles. The van der Waals surface area contributed by atoms with Crippen LogP contribution in [0.4, 0.5) is 0 Å². The largest absolute Gasteiger partial charge is 0.360 e. The summed E-state index contributed by atoms with van der Waals surface area (Å²) in [6, 6.07) is 6.94. The van der Waals surface area contributed by atoms with Crippen LogP contribution in [0.25, 0.3) is 5.69 Å². The van der Waals surface area contributed by atoms with Crippen LogP contribution in [-0.2, 0) is 10.0 Å². The van der Waals surface area contributed by atoms with E-state index in [9.17, 15) is 13.2 Å². The lowest BCUT2D eigenvalue weighted by Crippen LogP contribution is -2.37. The zero-order chi connectivity index (χ0) is 21.3. The van der Waals surface area contributed by atoms with E-state index in [2.05, 4.69) is 20.7 Å². The number of hydrogen-bond acceptors (Lipinski definition) is 8. The number of aryl methyl sites for hydroxylation is 2. The zero-order valence-electron chi connectivity index (χ0n) is 16.6. The molecule has 1 aliphatic rings. The van der Waals surface area contributed by atoms with Crippen molar-refractivity contribution in [2.24, 2.45) is 0 Å². The van der Waals surface area contributed by atoms with Gasteiger partial charge in [0.2, 0.25) is 10.0 Å². The van der Waals surface area contributed by atoms with Gasteiger partial charge in [-0.15, -0.1) is 5.10 Å². The minimum atomic E-state index is -3.73. The molecule has 1 aliphatic heterocycles. The summed E-state index contributed by atoms with van der Waals surface area (Å²) in [6.45, 7) is 4.50. The third kappa shape index (κ3) is 3.71. The van der Waals surface area contributed by atoms with E-state index < -0.39 is 10.0 Å². The smallest absolute Gasteiger partial charge is 0.253 e. The number of aromatic nitrogens is 5. The summed E-state index contributed by atoms with van der Waals surface area (Å²) in [5.74, 6) is 0.127. The van der Waals surface area contributed by atoms with Gasteiger partial charge in [0.25, 0.3) is 5.91 Å². The number of tetrazole rings is 1. The third-order valence-corrected chi connectivity index (χ3v) is 7.18. The molecule has 158 valence electrons. The van der Waals surface area contributed by atoms with E-state index in [-0.39, 0.29) is 23.1 Å². The summed E-state index contributed by atoms with van der Waals surface area (Å²) < 4.78 is 34.0. The molecule has 0 bridgehead atoms.